The summed E-state index contributed by atoms with van der Waals surface area (Å²) in [6, 6.07) is 6.11. The number of hydrogen-bond donors (Lipinski definition) is 2. The normalized spacial score (nSPS) is 10.1. The number of hydrogen-bond acceptors (Lipinski definition) is 6. The van der Waals surface area contributed by atoms with Crippen molar-refractivity contribution in [1.29, 1.82) is 0 Å². The van der Waals surface area contributed by atoms with E-state index in [0.29, 0.717) is 21.4 Å². The molecule has 2 aromatic rings. The Morgan fingerprint density at radius 3 is 2.45 bits per heavy atom. The van der Waals surface area contributed by atoms with Crippen molar-refractivity contribution in [2.75, 3.05) is 12.4 Å². The number of rotatable bonds is 4. The monoisotopic (exact) mass is 290 g/mol. The number of carbonyl (C=O) groups is 2. The predicted octanol–water partition coefficient (Wildman–Crippen LogP) is 0.918. The molecular formula is C13H12N3O3S-. The fraction of sp³-hybridized carbons (Fsp3) is 0.154. The third-order valence-corrected chi connectivity index (χ3v) is 3.67. The maximum absolute atomic E-state index is 11.6. The first-order valence-corrected chi connectivity index (χ1v) is 6.61. The van der Waals surface area contributed by atoms with E-state index in [2.05, 4.69) is 15.6 Å². The molecule has 0 aliphatic carbocycles. The van der Waals surface area contributed by atoms with Gasteiger partial charge in [-0.1, -0.05) is 23.5 Å². The zero-order valence-corrected chi connectivity index (χ0v) is 11.7. The summed E-state index contributed by atoms with van der Waals surface area (Å²) in [5.41, 5.74) is 1.44. The molecule has 0 aliphatic heterocycles. The van der Waals surface area contributed by atoms with Gasteiger partial charge in [-0.05, 0) is 24.6 Å². The molecule has 6 nitrogen and oxygen atoms in total. The molecule has 0 bridgehead atoms. The van der Waals surface area contributed by atoms with Crippen LogP contribution < -0.4 is 15.7 Å². The lowest BCUT2D eigenvalue weighted by Gasteiger charge is -2.05. The van der Waals surface area contributed by atoms with Crippen LogP contribution in [-0.2, 0) is 0 Å². The van der Waals surface area contributed by atoms with Crippen molar-refractivity contribution in [2.24, 2.45) is 0 Å². The Balaban J connectivity index is 2.18. The number of nitrogens with zero attached hydrogens (tertiary/aromatic N) is 1. The summed E-state index contributed by atoms with van der Waals surface area (Å²) in [5, 5.41) is 16.8. The van der Waals surface area contributed by atoms with Crippen molar-refractivity contribution < 1.29 is 14.7 Å². The number of carboxylic acid groups (broad SMARTS) is 1. The van der Waals surface area contributed by atoms with Crippen LogP contribution in [0.4, 0.5) is 10.8 Å². The van der Waals surface area contributed by atoms with E-state index in [1.165, 1.54) is 23.5 Å². The van der Waals surface area contributed by atoms with Gasteiger partial charge in [-0.2, -0.15) is 0 Å². The Labute approximate surface area is 119 Å². The molecule has 104 valence electrons. The maximum atomic E-state index is 11.6. The fourth-order valence-electron chi connectivity index (χ4n) is 1.59. The fourth-order valence-corrected chi connectivity index (χ4v) is 2.52. The number of aromatic carboxylic acids is 1. The van der Waals surface area contributed by atoms with Crippen LogP contribution in [0.25, 0.3) is 0 Å². The van der Waals surface area contributed by atoms with E-state index >= 15 is 0 Å². The van der Waals surface area contributed by atoms with E-state index in [0.717, 1.165) is 0 Å². The van der Waals surface area contributed by atoms with Crippen molar-refractivity contribution in [3.05, 3.63) is 40.4 Å². The third kappa shape index (κ3) is 2.94. The SMILES string of the molecule is CNC(=O)c1sc(Nc2ccc(C(=O)[O-])cc2)nc1C. The maximum Gasteiger partial charge on any atom is 0.263 e. The Morgan fingerprint density at radius 2 is 1.90 bits per heavy atom. The molecule has 0 saturated heterocycles. The number of carbonyl (C=O) groups excluding carboxylic acids is 2. The lowest BCUT2D eigenvalue weighted by Crippen LogP contribution is -2.21. The van der Waals surface area contributed by atoms with Crippen molar-refractivity contribution in [2.45, 2.75) is 6.92 Å². The van der Waals surface area contributed by atoms with E-state index in [-0.39, 0.29) is 11.5 Å². The first-order chi connectivity index (χ1) is 9.51. The van der Waals surface area contributed by atoms with Gasteiger partial charge < -0.3 is 20.5 Å². The molecule has 0 radical (unpaired) electrons. The third-order valence-electron chi connectivity index (χ3n) is 2.60. The van der Waals surface area contributed by atoms with Gasteiger partial charge in [-0.3, -0.25) is 4.79 Å². The molecule has 0 saturated carbocycles. The minimum Gasteiger partial charge on any atom is -0.545 e. The Morgan fingerprint density at radius 1 is 1.25 bits per heavy atom. The van der Waals surface area contributed by atoms with Gasteiger partial charge in [0, 0.05) is 12.7 Å². The Kier molecular flexibility index (Phi) is 3.99. The molecule has 0 aliphatic rings. The minimum absolute atomic E-state index is 0.108. The molecule has 1 amide bonds. The van der Waals surface area contributed by atoms with E-state index in [1.807, 2.05) is 0 Å². The molecule has 1 aromatic heterocycles. The molecule has 2 rings (SSSR count). The predicted molar refractivity (Wildman–Crippen MR) is 74.3 cm³/mol. The molecule has 1 aromatic carbocycles. The second kappa shape index (κ2) is 5.70. The average molecular weight is 290 g/mol. The van der Waals surface area contributed by atoms with Crippen molar-refractivity contribution in [3.8, 4) is 0 Å². The van der Waals surface area contributed by atoms with Crippen LogP contribution in [-0.4, -0.2) is 23.9 Å². The number of carboxylic acids is 1. The van der Waals surface area contributed by atoms with E-state index < -0.39 is 5.97 Å². The van der Waals surface area contributed by atoms with E-state index in [1.54, 1.807) is 26.1 Å². The van der Waals surface area contributed by atoms with Gasteiger partial charge >= 0.3 is 0 Å². The largest absolute Gasteiger partial charge is 0.545 e. The second-order valence-electron chi connectivity index (χ2n) is 4.00. The lowest BCUT2D eigenvalue weighted by atomic mass is 10.2. The van der Waals surface area contributed by atoms with Crippen LogP contribution in [0.3, 0.4) is 0 Å². The molecule has 20 heavy (non-hydrogen) atoms. The molecular weight excluding hydrogens is 278 g/mol. The van der Waals surface area contributed by atoms with Crippen LogP contribution in [0.2, 0.25) is 0 Å². The highest BCUT2D eigenvalue weighted by atomic mass is 32.1. The lowest BCUT2D eigenvalue weighted by molar-refractivity contribution is -0.255. The van der Waals surface area contributed by atoms with E-state index in [9.17, 15) is 14.7 Å². The summed E-state index contributed by atoms with van der Waals surface area (Å²) in [6.45, 7) is 1.76. The number of benzene rings is 1. The summed E-state index contributed by atoms with van der Waals surface area (Å²) in [6.07, 6.45) is 0. The average Bonchev–Trinajstić information content (AvgIpc) is 2.79. The van der Waals surface area contributed by atoms with Crippen molar-refractivity contribution in [1.82, 2.24) is 10.3 Å². The van der Waals surface area contributed by atoms with Gasteiger partial charge in [0.05, 0.1) is 11.7 Å². The van der Waals surface area contributed by atoms with Crippen molar-refractivity contribution >= 4 is 34.0 Å². The highest BCUT2D eigenvalue weighted by Gasteiger charge is 2.13. The highest BCUT2D eigenvalue weighted by molar-refractivity contribution is 7.17. The number of thiazole rings is 1. The summed E-state index contributed by atoms with van der Waals surface area (Å²) in [4.78, 5) is 27.0. The standard InChI is InChI=1S/C13H13N3O3S/c1-7-10(11(17)14-2)20-13(15-7)16-9-5-3-8(4-6-9)12(18)19/h3-6H,1-2H3,(H,14,17)(H,15,16)(H,18,19)/p-1. The zero-order valence-electron chi connectivity index (χ0n) is 10.9. The first-order valence-electron chi connectivity index (χ1n) is 5.79. The summed E-state index contributed by atoms with van der Waals surface area (Å²) >= 11 is 1.23. The molecule has 0 spiro atoms. The number of aryl methyl sites for hydroxylation is 1. The van der Waals surface area contributed by atoms with Gasteiger partial charge in [0.15, 0.2) is 5.13 Å². The highest BCUT2D eigenvalue weighted by Crippen LogP contribution is 2.25. The molecule has 0 atom stereocenters. The van der Waals surface area contributed by atoms with Crippen LogP contribution in [0, 0.1) is 6.92 Å². The number of anilines is 2. The van der Waals surface area contributed by atoms with Gasteiger partial charge in [0.25, 0.3) is 5.91 Å². The number of amides is 1. The van der Waals surface area contributed by atoms with Crippen LogP contribution in [0.1, 0.15) is 25.7 Å². The zero-order chi connectivity index (χ0) is 14.7. The molecule has 2 N–H and O–H groups in total. The topological polar surface area (TPSA) is 94.2 Å². The van der Waals surface area contributed by atoms with Gasteiger partial charge in [0.1, 0.15) is 4.88 Å². The summed E-state index contributed by atoms with van der Waals surface area (Å²) in [5.74, 6) is -1.40. The second-order valence-corrected chi connectivity index (χ2v) is 5.00. The van der Waals surface area contributed by atoms with Crippen LogP contribution >= 0.6 is 11.3 Å². The van der Waals surface area contributed by atoms with Gasteiger partial charge in [0.2, 0.25) is 0 Å². The van der Waals surface area contributed by atoms with Gasteiger partial charge in [-0.15, -0.1) is 0 Å². The summed E-state index contributed by atoms with van der Waals surface area (Å²) in [7, 11) is 1.56. The van der Waals surface area contributed by atoms with Crippen LogP contribution in [0.15, 0.2) is 24.3 Å². The van der Waals surface area contributed by atoms with Gasteiger partial charge in [-0.25, -0.2) is 4.98 Å². The number of nitrogens with one attached hydrogen (secondary N) is 2. The molecule has 7 heteroatoms. The van der Waals surface area contributed by atoms with Crippen LogP contribution in [0.5, 0.6) is 0 Å². The van der Waals surface area contributed by atoms with Crippen molar-refractivity contribution in [3.63, 3.8) is 0 Å². The molecule has 1 heterocycles. The molecule has 0 unspecified atom stereocenters. The first kappa shape index (κ1) is 14.0. The summed E-state index contributed by atoms with van der Waals surface area (Å²) < 4.78 is 0. The quantitative estimate of drug-likeness (QED) is 0.873. The Bertz CT molecular complexity index is 649. The Hall–Kier alpha value is -2.41. The molecule has 0 fully saturated rings. The van der Waals surface area contributed by atoms with E-state index in [4.69, 9.17) is 0 Å². The minimum atomic E-state index is -1.22. The smallest absolute Gasteiger partial charge is 0.263 e. The number of aromatic nitrogens is 1.